The molecule has 0 saturated heterocycles. The van der Waals surface area contributed by atoms with Crippen LogP contribution in [0, 0.1) is 0 Å². The van der Waals surface area contributed by atoms with Crippen molar-refractivity contribution in [1.82, 2.24) is 10.2 Å². The lowest BCUT2D eigenvalue weighted by Crippen LogP contribution is -2.33. The molecule has 1 N–H and O–H groups in total. The second-order valence-corrected chi connectivity index (χ2v) is 7.92. The van der Waals surface area contributed by atoms with Crippen LogP contribution >= 0.6 is 0 Å². The molecule has 0 spiro atoms. The predicted molar refractivity (Wildman–Crippen MR) is 110 cm³/mol. The van der Waals surface area contributed by atoms with Crippen molar-refractivity contribution in [3.63, 3.8) is 0 Å². The number of carbonyl (C=O) groups excluding carboxylic acids is 2. The van der Waals surface area contributed by atoms with Crippen molar-refractivity contribution < 1.29 is 9.59 Å². The van der Waals surface area contributed by atoms with Crippen LogP contribution in [0.25, 0.3) is 0 Å². The molecule has 2 aromatic carbocycles. The number of rotatable bonds is 6. The lowest BCUT2D eigenvalue weighted by Gasteiger charge is -2.25. The molecule has 0 bridgehead atoms. The van der Waals surface area contributed by atoms with Gasteiger partial charge in [-0.15, -0.1) is 0 Å². The van der Waals surface area contributed by atoms with E-state index < -0.39 is 0 Å². The Kier molecular flexibility index (Phi) is 6.78. The summed E-state index contributed by atoms with van der Waals surface area (Å²) >= 11 is 0. The van der Waals surface area contributed by atoms with E-state index in [0.29, 0.717) is 12.1 Å². The van der Waals surface area contributed by atoms with Crippen LogP contribution in [0.3, 0.4) is 0 Å². The van der Waals surface area contributed by atoms with Crippen molar-refractivity contribution in [3.8, 4) is 0 Å². The Bertz CT molecular complexity index is 761. The van der Waals surface area contributed by atoms with Crippen molar-refractivity contribution in [2.45, 2.75) is 45.6 Å². The van der Waals surface area contributed by atoms with E-state index in [-0.39, 0.29) is 29.7 Å². The summed E-state index contributed by atoms with van der Waals surface area (Å²) in [5, 5.41) is 2.84. The number of hydrogen-bond donors (Lipinski definition) is 1. The summed E-state index contributed by atoms with van der Waals surface area (Å²) in [7, 11) is 1.80. The molecular formula is C23H30N2O2. The molecule has 0 aliphatic carbocycles. The second-order valence-electron chi connectivity index (χ2n) is 7.92. The number of nitrogens with one attached hydrogen (secondary N) is 1. The fraction of sp³-hybridized carbons (Fsp3) is 0.391. The first-order valence-electron chi connectivity index (χ1n) is 9.39. The fourth-order valence-corrected chi connectivity index (χ4v) is 2.85. The maximum absolute atomic E-state index is 12.4. The molecule has 0 heterocycles. The molecule has 0 aliphatic heterocycles. The molecule has 144 valence electrons. The van der Waals surface area contributed by atoms with Crippen LogP contribution in [-0.2, 0) is 10.2 Å². The summed E-state index contributed by atoms with van der Waals surface area (Å²) in [5.41, 5.74) is 2.95. The van der Waals surface area contributed by atoms with Crippen LogP contribution in [-0.4, -0.2) is 30.3 Å². The highest BCUT2D eigenvalue weighted by atomic mass is 16.2. The Labute approximate surface area is 162 Å². The van der Waals surface area contributed by atoms with Gasteiger partial charge in [0.2, 0.25) is 5.91 Å². The third-order valence-corrected chi connectivity index (χ3v) is 4.89. The SMILES string of the molecule is CC(c1ccccc1)N(C)C(=O)CCNC(=O)c1ccc(C(C)(C)C)cc1. The summed E-state index contributed by atoms with van der Waals surface area (Å²) in [6, 6.07) is 17.5. The molecule has 1 unspecified atom stereocenters. The van der Waals surface area contributed by atoms with E-state index in [2.05, 4.69) is 26.1 Å². The van der Waals surface area contributed by atoms with Crippen LogP contribution in [0.5, 0.6) is 0 Å². The summed E-state index contributed by atoms with van der Waals surface area (Å²) < 4.78 is 0. The zero-order chi connectivity index (χ0) is 20.0. The number of amides is 2. The van der Waals surface area contributed by atoms with Gasteiger partial charge in [-0.05, 0) is 35.6 Å². The van der Waals surface area contributed by atoms with Crippen molar-refractivity contribution in [2.75, 3.05) is 13.6 Å². The Morgan fingerprint density at radius 1 is 1.00 bits per heavy atom. The zero-order valence-electron chi connectivity index (χ0n) is 17.0. The largest absolute Gasteiger partial charge is 0.352 e. The molecular weight excluding hydrogens is 336 g/mol. The quantitative estimate of drug-likeness (QED) is 0.827. The third kappa shape index (κ3) is 5.68. The van der Waals surface area contributed by atoms with Gasteiger partial charge in [0.1, 0.15) is 0 Å². The lowest BCUT2D eigenvalue weighted by atomic mass is 9.87. The van der Waals surface area contributed by atoms with Crippen LogP contribution in [0.2, 0.25) is 0 Å². The molecule has 0 aromatic heterocycles. The Morgan fingerprint density at radius 2 is 1.59 bits per heavy atom. The van der Waals surface area contributed by atoms with Crippen molar-refractivity contribution >= 4 is 11.8 Å². The van der Waals surface area contributed by atoms with Gasteiger partial charge in [0.25, 0.3) is 5.91 Å². The maximum atomic E-state index is 12.4. The molecule has 0 saturated carbocycles. The second kappa shape index (κ2) is 8.85. The average Bonchev–Trinajstić information content (AvgIpc) is 2.66. The summed E-state index contributed by atoms with van der Waals surface area (Å²) in [6.07, 6.45) is 0.277. The highest BCUT2D eigenvalue weighted by molar-refractivity contribution is 5.94. The van der Waals surface area contributed by atoms with Gasteiger partial charge in [-0.25, -0.2) is 0 Å². The van der Waals surface area contributed by atoms with Gasteiger partial charge in [-0.3, -0.25) is 9.59 Å². The average molecular weight is 367 g/mol. The third-order valence-electron chi connectivity index (χ3n) is 4.89. The molecule has 4 heteroatoms. The molecule has 27 heavy (non-hydrogen) atoms. The Balaban J connectivity index is 1.84. The lowest BCUT2D eigenvalue weighted by molar-refractivity contribution is -0.131. The maximum Gasteiger partial charge on any atom is 0.251 e. The van der Waals surface area contributed by atoms with E-state index in [1.807, 2.05) is 61.5 Å². The standard InChI is InChI=1S/C23H30N2O2/c1-17(18-9-7-6-8-10-18)25(5)21(26)15-16-24-22(27)19-11-13-20(14-12-19)23(2,3)4/h6-14,17H,15-16H2,1-5H3,(H,24,27). The van der Waals surface area contributed by atoms with E-state index in [9.17, 15) is 9.59 Å². The minimum atomic E-state index is -0.151. The smallest absolute Gasteiger partial charge is 0.251 e. The van der Waals surface area contributed by atoms with Crippen LogP contribution in [0.1, 0.15) is 61.6 Å². The predicted octanol–water partition coefficient (Wildman–Crippen LogP) is 4.32. The first-order chi connectivity index (χ1) is 12.7. The monoisotopic (exact) mass is 366 g/mol. The van der Waals surface area contributed by atoms with Gasteiger partial charge < -0.3 is 10.2 Å². The number of nitrogens with zero attached hydrogens (tertiary/aromatic N) is 1. The highest BCUT2D eigenvalue weighted by Gasteiger charge is 2.18. The van der Waals surface area contributed by atoms with Gasteiger partial charge in [0, 0.05) is 25.6 Å². The van der Waals surface area contributed by atoms with Crippen LogP contribution in [0.4, 0.5) is 0 Å². The van der Waals surface area contributed by atoms with Crippen LogP contribution in [0.15, 0.2) is 54.6 Å². The molecule has 4 nitrogen and oxygen atoms in total. The van der Waals surface area contributed by atoms with E-state index in [4.69, 9.17) is 0 Å². The summed E-state index contributed by atoms with van der Waals surface area (Å²) in [4.78, 5) is 26.4. The van der Waals surface area contributed by atoms with E-state index in [1.54, 1.807) is 11.9 Å². The molecule has 2 amide bonds. The first kappa shape index (κ1) is 20.7. The fourth-order valence-electron chi connectivity index (χ4n) is 2.85. The Morgan fingerprint density at radius 3 is 2.15 bits per heavy atom. The topological polar surface area (TPSA) is 49.4 Å². The number of benzene rings is 2. The Hall–Kier alpha value is -2.62. The van der Waals surface area contributed by atoms with Gasteiger partial charge >= 0.3 is 0 Å². The minimum absolute atomic E-state index is 0.000607. The first-order valence-corrected chi connectivity index (χ1v) is 9.39. The van der Waals surface area contributed by atoms with Gasteiger partial charge in [0.15, 0.2) is 0 Å². The van der Waals surface area contributed by atoms with Gasteiger partial charge in [-0.1, -0.05) is 63.2 Å². The minimum Gasteiger partial charge on any atom is -0.352 e. The molecule has 0 aliphatic rings. The summed E-state index contributed by atoms with van der Waals surface area (Å²) in [6.45, 7) is 8.75. The molecule has 0 radical (unpaired) electrons. The van der Waals surface area contributed by atoms with Crippen molar-refractivity contribution in [3.05, 3.63) is 71.3 Å². The molecule has 2 aromatic rings. The van der Waals surface area contributed by atoms with Gasteiger partial charge in [0.05, 0.1) is 6.04 Å². The van der Waals surface area contributed by atoms with Gasteiger partial charge in [-0.2, -0.15) is 0 Å². The zero-order valence-corrected chi connectivity index (χ0v) is 17.0. The molecule has 0 fully saturated rings. The molecule has 2 rings (SSSR count). The van der Waals surface area contributed by atoms with E-state index >= 15 is 0 Å². The van der Waals surface area contributed by atoms with Crippen molar-refractivity contribution in [2.24, 2.45) is 0 Å². The van der Waals surface area contributed by atoms with Crippen molar-refractivity contribution in [1.29, 1.82) is 0 Å². The van der Waals surface area contributed by atoms with Crippen LogP contribution < -0.4 is 5.32 Å². The van der Waals surface area contributed by atoms with E-state index in [1.165, 1.54) is 5.56 Å². The number of hydrogen-bond acceptors (Lipinski definition) is 2. The normalized spacial score (nSPS) is 12.3. The molecule has 1 atom stereocenters. The number of carbonyl (C=O) groups is 2. The summed E-state index contributed by atoms with van der Waals surface area (Å²) in [5.74, 6) is -0.142. The van der Waals surface area contributed by atoms with E-state index in [0.717, 1.165) is 5.56 Å². The highest BCUT2D eigenvalue weighted by Crippen LogP contribution is 2.22.